The van der Waals surface area contributed by atoms with Gasteiger partial charge in [-0.1, -0.05) is 294 Å². The van der Waals surface area contributed by atoms with Gasteiger partial charge in [0.2, 0.25) is 0 Å². The average Bonchev–Trinajstić information content (AvgIpc) is 3.44. The Labute approximate surface area is 502 Å². The third-order valence-corrected chi connectivity index (χ3v) is 15.5. The van der Waals surface area contributed by atoms with Crippen molar-refractivity contribution in [3.63, 3.8) is 0 Å². The lowest BCUT2D eigenvalue weighted by atomic mass is 10.0. The first-order valence-corrected chi connectivity index (χ1v) is 34.8. The normalized spacial score (nSPS) is 13.0. The summed E-state index contributed by atoms with van der Waals surface area (Å²) < 4.78 is 22.8. The van der Waals surface area contributed by atoms with E-state index in [2.05, 4.69) is 62.5 Å². The summed E-state index contributed by atoms with van der Waals surface area (Å²) in [6, 6.07) is 0. The number of hydrogen-bond acceptors (Lipinski definition) is 8. The predicted molar refractivity (Wildman–Crippen MR) is 343 cm³/mol. The Morgan fingerprint density at radius 3 is 1.00 bits per heavy atom. The lowest BCUT2D eigenvalue weighted by molar-refractivity contribution is -0.870. The largest absolute Gasteiger partial charge is 0.545 e. The van der Waals surface area contributed by atoms with Crippen molar-refractivity contribution in [3.8, 4) is 0 Å². The third kappa shape index (κ3) is 64.7. The number of carboxylic acid groups (broad SMARTS) is 1. The minimum atomic E-state index is -1.62. The molecule has 2 unspecified atom stereocenters. The fourth-order valence-electron chi connectivity index (χ4n) is 10.2. The lowest BCUT2D eigenvalue weighted by Gasteiger charge is -2.26. The molecule has 0 aliphatic heterocycles. The van der Waals surface area contributed by atoms with E-state index in [9.17, 15) is 19.5 Å². The van der Waals surface area contributed by atoms with E-state index in [0.717, 1.165) is 57.8 Å². The highest BCUT2D eigenvalue weighted by Crippen LogP contribution is 2.18. The molecule has 0 aromatic heterocycles. The Kier molecular flexibility index (Phi) is 61.1. The van der Waals surface area contributed by atoms with E-state index in [0.29, 0.717) is 23.9 Å². The minimum absolute atomic E-state index is 0.147. The molecule has 0 aromatic rings. The molecule has 0 rings (SSSR count). The van der Waals surface area contributed by atoms with Crippen LogP contribution >= 0.6 is 0 Å². The molecule has 0 heterocycles. The zero-order valence-corrected chi connectivity index (χ0v) is 54.2. The van der Waals surface area contributed by atoms with Crippen LogP contribution in [0, 0.1) is 0 Å². The molecule has 0 radical (unpaired) electrons. The van der Waals surface area contributed by atoms with Crippen molar-refractivity contribution in [2.24, 2.45) is 0 Å². The zero-order chi connectivity index (χ0) is 59.1. The van der Waals surface area contributed by atoms with E-state index < -0.39 is 24.3 Å². The fourth-order valence-corrected chi connectivity index (χ4v) is 10.2. The fraction of sp³-hybridized carbons (Fsp3) is 0.847. The van der Waals surface area contributed by atoms with E-state index in [1.807, 2.05) is 21.1 Å². The molecule has 0 saturated carbocycles. The van der Waals surface area contributed by atoms with Gasteiger partial charge in [0.15, 0.2) is 12.4 Å². The summed E-state index contributed by atoms with van der Waals surface area (Å²) in [4.78, 5) is 37.5. The van der Waals surface area contributed by atoms with Crippen LogP contribution in [0.3, 0.4) is 0 Å². The van der Waals surface area contributed by atoms with Crippen LogP contribution in [0.5, 0.6) is 0 Å². The number of unbranched alkanes of at least 4 members (excludes halogenated alkanes) is 42. The molecule has 0 N–H and O–H groups in total. The van der Waals surface area contributed by atoms with Gasteiger partial charge < -0.3 is 33.3 Å². The van der Waals surface area contributed by atoms with Crippen molar-refractivity contribution in [3.05, 3.63) is 48.6 Å². The third-order valence-electron chi connectivity index (χ3n) is 15.5. The Bertz CT molecular complexity index is 1470. The van der Waals surface area contributed by atoms with Gasteiger partial charge in [-0.2, -0.15) is 0 Å². The number of esters is 2. The maximum absolute atomic E-state index is 12.9. The minimum Gasteiger partial charge on any atom is -0.545 e. The maximum Gasteiger partial charge on any atom is 0.306 e. The second-order valence-electron chi connectivity index (χ2n) is 24.8. The number of nitrogens with zero attached hydrogens (tertiary/aromatic N) is 1. The monoisotopic (exact) mass is 1140 g/mol. The molecule has 81 heavy (non-hydrogen) atoms. The van der Waals surface area contributed by atoms with Crippen LogP contribution in [0.4, 0.5) is 0 Å². The number of aliphatic carboxylic acids is 1. The molecule has 0 spiro atoms. The highest BCUT2D eigenvalue weighted by molar-refractivity contribution is 5.70. The number of hydrogen-bond donors (Lipinski definition) is 0. The number of carboxylic acids is 1. The van der Waals surface area contributed by atoms with Crippen molar-refractivity contribution in [2.75, 3.05) is 47.5 Å². The number of rotatable bonds is 65. The molecule has 474 valence electrons. The first-order chi connectivity index (χ1) is 39.6. The van der Waals surface area contributed by atoms with Gasteiger partial charge >= 0.3 is 11.9 Å². The number of likely N-dealkylation sites (N-methyl/N-ethyl adjacent to an activating group) is 1. The van der Waals surface area contributed by atoms with Crippen molar-refractivity contribution < 1.29 is 42.9 Å². The SMILES string of the molecule is CCCCCCC/C=C\C/C=C\C/C=C\CCCCCCCCCCCCC(=O)OC(COC(=O)CCCCCCCCCCCCCCCCCCCCC/C=C\CCCCCCCCCC)COC(OCC[N+](C)(C)C)C(=O)[O-]. The first-order valence-electron chi connectivity index (χ1n) is 34.8. The molecule has 0 bridgehead atoms. The second kappa shape index (κ2) is 63.3. The summed E-state index contributed by atoms with van der Waals surface area (Å²) in [7, 11) is 5.94. The van der Waals surface area contributed by atoms with E-state index in [-0.39, 0.29) is 32.2 Å². The van der Waals surface area contributed by atoms with Crippen molar-refractivity contribution >= 4 is 17.9 Å². The average molecular weight is 1140 g/mol. The molecule has 9 nitrogen and oxygen atoms in total. The van der Waals surface area contributed by atoms with Gasteiger partial charge in [-0.05, 0) is 77.0 Å². The van der Waals surface area contributed by atoms with Crippen LogP contribution < -0.4 is 5.11 Å². The van der Waals surface area contributed by atoms with Crippen LogP contribution in [0.1, 0.15) is 335 Å². The van der Waals surface area contributed by atoms with E-state index >= 15 is 0 Å². The number of carbonyl (C=O) groups excluding carboxylic acids is 3. The maximum atomic E-state index is 12.9. The summed E-state index contributed by atoms with van der Waals surface area (Å²) in [6.07, 6.45) is 77.6. The highest BCUT2D eigenvalue weighted by atomic mass is 16.7. The summed E-state index contributed by atoms with van der Waals surface area (Å²) in [5, 5.41) is 11.8. The van der Waals surface area contributed by atoms with Gasteiger partial charge in [0.05, 0.1) is 40.3 Å². The summed E-state index contributed by atoms with van der Waals surface area (Å²) >= 11 is 0. The van der Waals surface area contributed by atoms with E-state index in [1.54, 1.807) is 0 Å². The van der Waals surface area contributed by atoms with Gasteiger partial charge in [-0.15, -0.1) is 0 Å². The van der Waals surface area contributed by atoms with Crippen LogP contribution in [-0.4, -0.2) is 82.3 Å². The van der Waals surface area contributed by atoms with Crippen LogP contribution in [0.2, 0.25) is 0 Å². The first kappa shape index (κ1) is 78.2. The Hall–Kier alpha value is -2.75. The number of quaternary nitrogens is 1. The smallest absolute Gasteiger partial charge is 0.306 e. The summed E-state index contributed by atoms with van der Waals surface area (Å²) in [5.41, 5.74) is 0. The quantitative estimate of drug-likeness (QED) is 0.0195. The zero-order valence-electron chi connectivity index (χ0n) is 54.2. The summed E-state index contributed by atoms with van der Waals surface area (Å²) in [6.45, 7) is 4.78. The number of ether oxygens (including phenoxy) is 4. The molecule has 0 aromatic carbocycles. The lowest BCUT2D eigenvalue weighted by Crippen LogP contribution is -2.44. The van der Waals surface area contributed by atoms with Crippen LogP contribution in [0.15, 0.2) is 48.6 Å². The molecule has 0 saturated heterocycles. The van der Waals surface area contributed by atoms with Gasteiger partial charge in [0, 0.05) is 12.8 Å². The molecule has 2 atom stereocenters. The molecule has 0 aliphatic rings. The van der Waals surface area contributed by atoms with E-state index in [4.69, 9.17) is 18.9 Å². The highest BCUT2D eigenvalue weighted by Gasteiger charge is 2.22. The second-order valence-corrected chi connectivity index (χ2v) is 24.8. The van der Waals surface area contributed by atoms with Gasteiger partial charge in [0.25, 0.3) is 0 Å². The Morgan fingerprint density at radius 1 is 0.370 bits per heavy atom. The molecular formula is C72H133NO8. The van der Waals surface area contributed by atoms with Gasteiger partial charge in [-0.25, -0.2) is 0 Å². The van der Waals surface area contributed by atoms with Gasteiger partial charge in [-0.3, -0.25) is 9.59 Å². The summed E-state index contributed by atoms with van der Waals surface area (Å²) in [5.74, 6) is -2.27. The van der Waals surface area contributed by atoms with Crippen molar-refractivity contribution in [2.45, 2.75) is 347 Å². The van der Waals surface area contributed by atoms with E-state index in [1.165, 1.54) is 244 Å². The number of allylic oxidation sites excluding steroid dienone is 8. The van der Waals surface area contributed by atoms with Crippen LogP contribution in [-0.2, 0) is 33.3 Å². The van der Waals surface area contributed by atoms with Crippen molar-refractivity contribution in [1.29, 1.82) is 0 Å². The Balaban J connectivity index is 4.09. The number of carbonyl (C=O) groups is 3. The molecule has 9 heteroatoms. The van der Waals surface area contributed by atoms with Crippen LogP contribution in [0.25, 0.3) is 0 Å². The Morgan fingerprint density at radius 2 is 0.667 bits per heavy atom. The van der Waals surface area contributed by atoms with Gasteiger partial charge in [0.1, 0.15) is 13.2 Å². The molecule has 0 fully saturated rings. The molecule has 0 amide bonds. The molecular weight excluding hydrogens is 1010 g/mol. The topological polar surface area (TPSA) is 111 Å². The molecule has 0 aliphatic carbocycles. The standard InChI is InChI=1S/C72H133NO8/c1-6-8-10-12-14-16-18-20-22-24-26-28-30-32-33-34-35-36-37-39-40-42-44-46-48-50-52-54-56-58-60-62-69(74)79-66-68(67-80-72(71(76)77)78-65-64-73(3,4)5)81-70(75)63-61-59-57-55-53-51-49-47-45-43-41-38-31-29-27-25-23-21-19-17-15-13-11-9-7-2/h19,21,24-27,31,38,68,72H,6-18,20,22-23,28-30,32-37,39-67H2,1-5H3/b21-19-,26-24-,27-25-,38-31-. The predicted octanol–water partition coefficient (Wildman–Crippen LogP) is 20.0. The van der Waals surface area contributed by atoms with Crippen molar-refractivity contribution in [1.82, 2.24) is 0 Å².